The van der Waals surface area contributed by atoms with Gasteiger partial charge in [-0.3, -0.25) is 0 Å². The highest BCUT2D eigenvalue weighted by Gasteiger charge is 2.13. The van der Waals surface area contributed by atoms with Gasteiger partial charge in [-0.1, -0.05) is 6.58 Å². The van der Waals surface area contributed by atoms with Crippen molar-refractivity contribution in [3.63, 3.8) is 0 Å². The lowest BCUT2D eigenvalue weighted by atomic mass is 10.1. The fourth-order valence-corrected chi connectivity index (χ4v) is 1.06. The number of ether oxygens (including phenoxy) is 1. The third-order valence-electron chi connectivity index (χ3n) is 1.89. The van der Waals surface area contributed by atoms with Gasteiger partial charge in [0.15, 0.2) is 7.98 Å². The molecule has 0 spiro atoms. The third kappa shape index (κ3) is 1.85. The van der Waals surface area contributed by atoms with E-state index in [1.807, 2.05) is 0 Å². The third-order valence-corrected chi connectivity index (χ3v) is 1.89. The Kier molecular flexibility index (Phi) is 2.52. The Morgan fingerprint density at radius 2 is 2.50 bits per heavy atom. The second-order valence-corrected chi connectivity index (χ2v) is 3.03. The van der Waals surface area contributed by atoms with Crippen LogP contribution >= 0.6 is 0 Å². The van der Waals surface area contributed by atoms with E-state index < -0.39 is 0 Å². The van der Waals surface area contributed by atoms with Crippen LogP contribution in [0.2, 0.25) is 0 Å². The maximum absolute atomic E-state index is 5.35. The molecule has 1 aliphatic heterocycles. The van der Waals surface area contributed by atoms with Gasteiger partial charge in [-0.2, -0.15) is 0 Å². The molecule has 0 N–H and O–H groups in total. The van der Waals surface area contributed by atoms with Crippen LogP contribution in [0.25, 0.3) is 0 Å². The summed E-state index contributed by atoms with van der Waals surface area (Å²) >= 11 is 0. The molecule has 1 aliphatic rings. The van der Waals surface area contributed by atoms with Crippen LogP contribution in [-0.2, 0) is 4.74 Å². The van der Waals surface area contributed by atoms with Crippen LogP contribution < -0.4 is 0 Å². The summed E-state index contributed by atoms with van der Waals surface area (Å²) in [6.45, 7) is 8.59. The van der Waals surface area contributed by atoms with Crippen LogP contribution in [0.3, 0.4) is 0 Å². The average molecular weight is 139 g/mol. The molecule has 1 saturated heterocycles. The van der Waals surface area contributed by atoms with Crippen molar-refractivity contribution in [2.75, 3.05) is 19.8 Å². The van der Waals surface area contributed by atoms with Crippen molar-refractivity contribution in [2.24, 2.45) is 0 Å². The smallest absolute Gasteiger partial charge is 0.186 e. The highest BCUT2D eigenvalue weighted by atomic mass is 16.5. The summed E-state index contributed by atoms with van der Waals surface area (Å²) in [7, 11) is 2.10. The minimum atomic E-state index is 0.527. The molecule has 0 amide bonds. The molecule has 0 aromatic carbocycles. The van der Waals surface area contributed by atoms with Crippen molar-refractivity contribution in [1.82, 2.24) is 4.81 Å². The zero-order valence-corrected chi connectivity index (χ0v) is 6.76. The van der Waals surface area contributed by atoms with Gasteiger partial charge in [0.05, 0.1) is 13.2 Å². The van der Waals surface area contributed by atoms with Gasteiger partial charge in [0, 0.05) is 12.6 Å². The molecule has 3 heteroatoms. The topological polar surface area (TPSA) is 12.5 Å². The molecule has 0 radical (unpaired) electrons. The Morgan fingerprint density at radius 1 is 1.80 bits per heavy atom. The van der Waals surface area contributed by atoms with E-state index in [1.165, 1.54) is 5.57 Å². The van der Waals surface area contributed by atoms with Crippen LogP contribution in [0.4, 0.5) is 0 Å². The monoisotopic (exact) mass is 139 g/mol. The normalized spacial score (nSPS) is 30.1. The Balaban J connectivity index is 2.49. The molecule has 10 heavy (non-hydrogen) atoms. The van der Waals surface area contributed by atoms with Crippen LogP contribution in [-0.4, -0.2) is 38.6 Å². The van der Waals surface area contributed by atoms with Crippen molar-refractivity contribution in [3.05, 3.63) is 12.2 Å². The van der Waals surface area contributed by atoms with E-state index in [-0.39, 0.29) is 0 Å². The lowest BCUT2D eigenvalue weighted by molar-refractivity contribution is 0.136. The van der Waals surface area contributed by atoms with E-state index in [2.05, 4.69) is 26.3 Å². The molecular formula is C7H14BNO. The quantitative estimate of drug-likeness (QED) is 0.340. The Bertz CT molecular complexity index is 138. The highest BCUT2D eigenvalue weighted by Crippen LogP contribution is 2.05. The first-order valence-electron chi connectivity index (χ1n) is 3.65. The average Bonchev–Trinajstić information content (AvgIpc) is 1.96. The first-order valence-corrected chi connectivity index (χ1v) is 3.65. The summed E-state index contributed by atoms with van der Waals surface area (Å²) in [5.74, 6) is 0. The standard InChI is InChI=1S/C7H14BNO/c1-6-3-9(8)7(2)5-10-4-6/h7H,1,3-5,8H2,2H3. The van der Waals surface area contributed by atoms with Gasteiger partial charge in [0.1, 0.15) is 0 Å². The van der Waals surface area contributed by atoms with Crippen molar-refractivity contribution >= 4 is 7.98 Å². The molecule has 1 unspecified atom stereocenters. The van der Waals surface area contributed by atoms with Gasteiger partial charge < -0.3 is 9.55 Å². The predicted octanol–water partition coefficient (Wildman–Crippen LogP) is -0.189. The first-order chi connectivity index (χ1) is 4.70. The summed E-state index contributed by atoms with van der Waals surface area (Å²) in [6, 6.07) is 0.527. The molecule has 0 bridgehead atoms. The van der Waals surface area contributed by atoms with Crippen molar-refractivity contribution in [1.29, 1.82) is 0 Å². The van der Waals surface area contributed by atoms with E-state index in [1.54, 1.807) is 0 Å². The second kappa shape index (κ2) is 3.22. The van der Waals surface area contributed by atoms with Crippen molar-refractivity contribution < 1.29 is 4.74 Å². The summed E-state index contributed by atoms with van der Waals surface area (Å²) < 4.78 is 5.35. The van der Waals surface area contributed by atoms with Crippen molar-refractivity contribution in [3.8, 4) is 0 Å². The fourth-order valence-electron chi connectivity index (χ4n) is 1.06. The Labute approximate surface area is 63.3 Å². The number of hydrogen-bond acceptors (Lipinski definition) is 2. The molecule has 0 saturated carbocycles. The van der Waals surface area contributed by atoms with Gasteiger partial charge in [-0.15, -0.1) is 0 Å². The lowest BCUT2D eigenvalue weighted by Crippen LogP contribution is -2.32. The number of hydrogen-bond donors (Lipinski definition) is 0. The molecule has 1 rings (SSSR count). The van der Waals surface area contributed by atoms with Crippen molar-refractivity contribution in [2.45, 2.75) is 13.0 Å². The second-order valence-electron chi connectivity index (χ2n) is 3.03. The summed E-state index contributed by atoms with van der Waals surface area (Å²) in [5.41, 5.74) is 1.17. The molecule has 1 heterocycles. The molecule has 1 fully saturated rings. The minimum Gasteiger partial charge on any atom is -0.376 e. The number of rotatable bonds is 0. The van der Waals surface area contributed by atoms with E-state index in [9.17, 15) is 0 Å². The predicted molar refractivity (Wildman–Crippen MR) is 44.7 cm³/mol. The molecule has 0 aromatic rings. The van der Waals surface area contributed by atoms with Gasteiger partial charge in [0.25, 0.3) is 0 Å². The van der Waals surface area contributed by atoms with E-state index in [0.717, 1.165) is 19.8 Å². The van der Waals surface area contributed by atoms with Crippen LogP contribution in [0.1, 0.15) is 6.92 Å². The highest BCUT2D eigenvalue weighted by molar-refractivity contribution is 6.04. The van der Waals surface area contributed by atoms with Crippen LogP contribution in [0.15, 0.2) is 12.2 Å². The maximum Gasteiger partial charge on any atom is 0.186 e. The summed E-state index contributed by atoms with van der Waals surface area (Å²) in [4.78, 5) is 2.26. The minimum absolute atomic E-state index is 0.527. The van der Waals surface area contributed by atoms with Gasteiger partial charge in [-0.05, 0) is 12.5 Å². The zero-order valence-electron chi connectivity index (χ0n) is 6.76. The largest absolute Gasteiger partial charge is 0.376 e. The van der Waals surface area contributed by atoms with E-state index in [0.29, 0.717) is 6.04 Å². The first kappa shape index (κ1) is 7.83. The molecule has 0 aromatic heterocycles. The molecule has 1 atom stereocenters. The van der Waals surface area contributed by atoms with Gasteiger partial charge in [-0.25, -0.2) is 0 Å². The zero-order chi connectivity index (χ0) is 7.56. The van der Waals surface area contributed by atoms with E-state index >= 15 is 0 Å². The molecule has 2 nitrogen and oxygen atoms in total. The Morgan fingerprint density at radius 3 is 3.20 bits per heavy atom. The SMILES string of the molecule is BN1CC(=C)COCC1C. The maximum atomic E-state index is 5.35. The van der Waals surface area contributed by atoms with Crippen LogP contribution in [0, 0.1) is 0 Å². The molecular weight excluding hydrogens is 125 g/mol. The molecule has 56 valence electrons. The van der Waals surface area contributed by atoms with Gasteiger partial charge >= 0.3 is 0 Å². The summed E-state index contributed by atoms with van der Waals surface area (Å²) in [5, 5.41) is 0. The molecule has 0 aliphatic carbocycles. The number of nitrogens with zero attached hydrogens (tertiary/aromatic N) is 1. The lowest BCUT2D eigenvalue weighted by Gasteiger charge is -2.20. The Hall–Kier alpha value is -0.275. The fraction of sp³-hybridized carbons (Fsp3) is 0.714. The van der Waals surface area contributed by atoms with Gasteiger partial charge in [0.2, 0.25) is 0 Å². The van der Waals surface area contributed by atoms with E-state index in [4.69, 9.17) is 4.74 Å². The summed E-state index contributed by atoms with van der Waals surface area (Å²) in [6.07, 6.45) is 0. The van der Waals surface area contributed by atoms with Crippen LogP contribution in [0.5, 0.6) is 0 Å².